The number of carboxylic acid groups (broad SMARTS) is 1. The Bertz CT molecular complexity index is 1830. The Kier molecular flexibility index (Phi) is 60.5. The summed E-state index contributed by atoms with van der Waals surface area (Å²) in [6.45, 7) is 58.9. The van der Waals surface area contributed by atoms with Crippen molar-refractivity contribution >= 4 is 148 Å². The quantitative estimate of drug-likeness (QED) is 0.0573. The molecule has 0 amide bonds. The fourth-order valence-corrected chi connectivity index (χ4v) is 37.2. The van der Waals surface area contributed by atoms with E-state index in [0.29, 0.717) is 81.9 Å². The van der Waals surface area contributed by atoms with E-state index in [4.69, 9.17) is 70.6 Å². The molecule has 0 aromatic rings. The van der Waals surface area contributed by atoms with Gasteiger partial charge in [-0.2, -0.15) is 0 Å². The van der Waals surface area contributed by atoms with Gasteiger partial charge < -0.3 is 63.9 Å². The minimum absolute atomic E-state index is 0.0277. The number of rotatable bonds is 63. The van der Waals surface area contributed by atoms with Crippen LogP contribution >= 0.6 is 131 Å². The largest absolute Gasteiger partial charge is 0.481 e. The second kappa shape index (κ2) is 57.7. The molecule has 0 fully saturated rings. The summed E-state index contributed by atoms with van der Waals surface area (Å²) in [6.07, 6.45) is 6.90. The smallest absolute Gasteiger partial charge is 0.304 e. The third-order valence-corrected chi connectivity index (χ3v) is 40.0. The van der Waals surface area contributed by atoms with Gasteiger partial charge in [-0.05, 0) is 187 Å². The van der Waals surface area contributed by atoms with Crippen LogP contribution in [0.1, 0.15) is 238 Å². The zero-order valence-electron chi connectivity index (χ0n) is 63.9. The van der Waals surface area contributed by atoms with Crippen LogP contribution < -0.4 is 0 Å². The molecule has 30 heteroatoms. The molecule has 0 aromatic heterocycles. The van der Waals surface area contributed by atoms with Gasteiger partial charge in [-0.25, -0.2) is 0 Å². The van der Waals surface area contributed by atoms with Gasteiger partial charge in [0.15, 0.2) is 0 Å². The van der Waals surface area contributed by atoms with Crippen LogP contribution in [0, 0.1) is 47.3 Å². The van der Waals surface area contributed by atoms with Crippen molar-refractivity contribution in [3.8, 4) is 0 Å². The van der Waals surface area contributed by atoms with Crippen LogP contribution in [-0.4, -0.2) is 138 Å². The van der Waals surface area contributed by atoms with Crippen LogP contribution in [-0.2, 0) is 75.4 Å². The van der Waals surface area contributed by atoms with Crippen molar-refractivity contribution in [1.29, 1.82) is 0 Å². The lowest BCUT2D eigenvalue weighted by molar-refractivity contribution is -0.136. The van der Waals surface area contributed by atoms with Crippen LogP contribution in [0.5, 0.6) is 0 Å². The summed E-state index contributed by atoms with van der Waals surface area (Å²) in [5.74, 6) is 7.35. The topological polar surface area (TPSA) is 157 Å². The van der Waals surface area contributed by atoms with Crippen LogP contribution in [0.25, 0.3) is 0 Å². The normalized spacial score (nSPS) is 19.5. The summed E-state index contributed by atoms with van der Waals surface area (Å²) in [4.78, 5) is 11.9. The fraction of sp³-hybridized carbons (Fsp3) is 0.985. The molecule has 0 bridgehead atoms. The zero-order chi connectivity index (χ0) is 72.5. The number of hydrogen-bond donors (Lipinski definition) is 1. The molecular formula is C65H137O15P7S8. The molecule has 0 aliphatic rings. The van der Waals surface area contributed by atoms with Crippen molar-refractivity contribution in [2.75, 3.05) is 53.5 Å². The average Bonchev–Trinajstić information content (AvgIpc) is 0.907. The Balaban J connectivity index is 6.91. The van der Waals surface area contributed by atoms with Gasteiger partial charge in [0, 0.05) is 53.5 Å². The van der Waals surface area contributed by atoms with Crippen LogP contribution in [0.4, 0.5) is 0 Å². The van der Waals surface area contributed by atoms with E-state index in [9.17, 15) is 9.90 Å². The van der Waals surface area contributed by atoms with E-state index in [1.54, 1.807) is 52.6 Å². The summed E-state index contributed by atoms with van der Waals surface area (Å²) < 4.78 is 86.7. The molecule has 0 rings (SSSR count). The lowest BCUT2D eigenvalue weighted by atomic mass is 10.0. The monoisotopic (exact) mass is 1630 g/mol. The maximum atomic E-state index is 11.9. The Morgan fingerprint density at radius 1 is 0.347 bits per heavy atom. The lowest BCUT2D eigenvalue weighted by Crippen LogP contribution is -2.17. The van der Waals surface area contributed by atoms with Gasteiger partial charge in [0.2, 0.25) is 43.6 Å². The van der Waals surface area contributed by atoms with E-state index in [0.717, 1.165) is 50.4 Å². The zero-order valence-corrected chi connectivity index (χ0v) is 76.7. The van der Waals surface area contributed by atoms with Gasteiger partial charge in [0.25, 0.3) is 0 Å². The Hall–Kier alpha value is 4.63. The van der Waals surface area contributed by atoms with Crippen molar-refractivity contribution in [1.82, 2.24) is 0 Å². The summed E-state index contributed by atoms with van der Waals surface area (Å²) in [5.41, 5.74) is -3.05. The van der Waals surface area contributed by atoms with Crippen molar-refractivity contribution in [3.05, 3.63) is 0 Å². The summed E-state index contributed by atoms with van der Waals surface area (Å²) >= 11 is 17.9. The predicted molar refractivity (Wildman–Crippen MR) is 439 cm³/mol. The molecule has 0 saturated carbocycles. The minimum Gasteiger partial charge on any atom is -0.481 e. The second-order valence-corrected chi connectivity index (χ2v) is 54.5. The van der Waals surface area contributed by atoms with E-state index in [1.165, 1.54) is 29.2 Å². The summed E-state index contributed by atoms with van der Waals surface area (Å²) in [7, 11) is -5.83. The van der Waals surface area contributed by atoms with Gasteiger partial charge >= 0.3 is 5.97 Å². The first-order valence-electron chi connectivity index (χ1n) is 34.9. The molecule has 0 radical (unpaired) electrons. The van der Waals surface area contributed by atoms with Crippen LogP contribution in [0.3, 0.4) is 0 Å². The average molecular weight is 1630 g/mol. The number of carbonyl (C=O) groups is 1. The highest BCUT2D eigenvalue weighted by atomic mass is 32.9. The summed E-state index contributed by atoms with van der Waals surface area (Å²) in [6, 6.07) is 0. The SMILES string of the molecule is COP(OC(C)CC(C)C)SCC(C)OP(=S)(OC(C)CSP(OC(C)CC(C)C)OC(C)CC(C)C)SCC(C)OP(OC(C)CSP(OC(C)CSP(CC(C)CC(C)C)OC(C)CC(C)C)OC(C)CSP(OC(C)CC(C)C)OC(C)CC(C)C)SCCC(=O)O. The first kappa shape index (κ1) is 99.6. The standard InChI is InChI=1S/C65H137O15P7S8/c1-45(2)31-52(15)38-81(69-53(16)32-46(3)4)90-39-59(22)76-86(77-61(24)41-92-84(71-55(18)34-48(7)8)72-56(19)35-49(9)10)93-40-60(23)75-83(89-30-29-65(66)67)78-62(25)44-95-87(88,79-63(26)42-91-82(68-28)70-54(17)33-47(5)6)80-64(27)43-94-85(73-57(20)36-50(11)12)74-58(21)37-51(13)14/h45-64H,29-44H2,1-28H3,(H,66,67). The molecule has 0 heterocycles. The van der Waals surface area contributed by atoms with Crippen molar-refractivity contribution in [2.45, 2.75) is 312 Å². The van der Waals surface area contributed by atoms with Crippen molar-refractivity contribution in [2.24, 2.45) is 47.3 Å². The lowest BCUT2D eigenvalue weighted by Gasteiger charge is -2.31. The van der Waals surface area contributed by atoms with E-state index in [-0.39, 0.29) is 79.7 Å². The molecule has 95 heavy (non-hydrogen) atoms. The fourth-order valence-electron chi connectivity index (χ4n) is 9.46. The minimum atomic E-state index is -3.05. The molecule has 15 nitrogen and oxygen atoms in total. The molecule has 0 aromatic carbocycles. The van der Waals surface area contributed by atoms with Gasteiger partial charge in [-0.1, -0.05) is 172 Å². The molecule has 18 atom stereocenters. The third-order valence-electron chi connectivity index (χ3n) is 12.7. The molecule has 0 spiro atoms. The number of aliphatic carboxylic acids is 1. The first-order valence-corrected chi connectivity index (χ1v) is 56.0. The third kappa shape index (κ3) is 58.4. The highest BCUT2D eigenvalue weighted by Gasteiger charge is 2.33. The van der Waals surface area contributed by atoms with Gasteiger partial charge in [0.05, 0.1) is 87.0 Å². The second-order valence-electron chi connectivity index (χ2n) is 28.5. The Labute approximate surface area is 624 Å². The molecule has 18 unspecified atom stereocenters. The molecule has 1 N–H and O–H groups in total. The molecule has 570 valence electrons. The van der Waals surface area contributed by atoms with Gasteiger partial charge in [-0.15, -0.1) is 11.4 Å². The van der Waals surface area contributed by atoms with Crippen LogP contribution in [0.15, 0.2) is 0 Å². The highest BCUT2D eigenvalue weighted by Crippen LogP contribution is 2.66. The number of hydrogen-bond acceptors (Lipinski definition) is 22. The van der Waals surface area contributed by atoms with Gasteiger partial charge in [0.1, 0.15) is 0 Å². The Morgan fingerprint density at radius 3 is 0.926 bits per heavy atom. The van der Waals surface area contributed by atoms with Crippen molar-refractivity contribution in [3.63, 3.8) is 0 Å². The maximum absolute atomic E-state index is 11.9. The van der Waals surface area contributed by atoms with Crippen LogP contribution in [0.2, 0.25) is 0 Å². The van der Waals surface area contributed by atoms with E-state index in [2.05, 4.69) is 159 Å². The van der Waals surface area contributed by atoms with Gasteiger partial charge in [-0.3, -0.25) is 4.79 Å². The van der Waals surface area contributed by atoms with Crippen molar-refractivity contribution < 1.29 is 68.7 Å². The number of carboxylic acids is 1. The first-order chi connectivity index (χ1) is 44.2. The van der Waals surface area contributed by atoms with E-state index < -0.39 is 56.9 Å². The summed E-state index contributed by atoms with van der Waals surface area (Å²) in [5, 5.41) is 9.77. The molecule has 0 aliphatic heterocycles. The molecular weight excluding hydrogens is 1490 g/mol. The predicted octanol–water partition coefficient (Wildman–Crippen LogP) is 26.7. The molecule has 0 saturated heterocycles. The Morgan fingerprint density at radius 2 is 0.611 bits per heavy atom. The molecule has 0 aliphatic carbocycles. The highest BCUT2D eigenvalue weighted by molar-refractivity contribution is 8.68. The van der Waals surface area contributed by atoms with E-state index in [1.807, 2.05) is 39.1 Å². The maximum Gasteiger partial charge on any atom is 0.304 e. The van der Waals surface area contributed by atoms with E-state index >= 15 is 0 Å².